The van der Waals surface area contributed by atoms with E-state index in [1.165, 1.54) is 5.56 Å². The van der Waals surface area contributed by atoms with E-state index in [0.29, 0.717) is 0 Å². The highest BCUT2D eigenvalue weighted by Gasteiger charge is 2.13. The molecule has 2 aromatic carbocycles. The van der Waals surface area contributed by atoms with Gasteiger partial charge in [-0.3, -0.25) is 4.98 Å². The molecule has 0 aliphatic rings. The van der Waals surface area contributed by atoms with E-state index in [1.807, 2.05) is 36.5 Å². The molecule has 142 valence electrons. The van der Waals surface area contributed by atoms with Crippen LogP contribution in [0.4, 0.5) is 0 Å². The van der Waals surface area contributed by atoms with Gasteiger partial charge in [0.05, 0.1) is 7.11 Å². The summed E-state index contributed by atoms with van der Waals surface area (Å²) in [6, 6.07) is 22.5. The average Bonchev–Trinajstić information content (AvgIpc) is 3.17. The van der Waals surface area contributed by atoms with E-state index in [-0.39, 0.29) is 0 Å². The van der Waals surface area contributed by atoms with Gasteiger partial charge >= 0.3 is 0 Å². The molecule has 4 nitrogen and oxygen atoms in total. The molecular weight excluding hydrogens is 348 g/mol. The van der Waals surface area contributed by atoms with E-state index in [2.05, 4.69) is 53.3 Å². The number of pyridine rings is 1. The maximum atomic E-state index is 6.09. The van der Waals surface area contributed by atoms with Crippen molar-refractivity contribution in [2.45, 2.75) is 13.0 Å². The minimum Gasteiger partial charge on any atom is -0.493 e. The molecule has 2 heterocycles. The highest BCUT2D eigenvalue weighted by molar-refractivity contribution is 5.88. The number of furan rings is 1. The summed E-state index contributed by atoms with van der Waals surface area (Å²) in [6.07, 6.45) is 2.78. The number of fused-ring (bicyclic) bond motifs is 1. The molecule has 4 rings (SSSR count). The quantitative estimate of drug-likeness (QED) is 0.448. The lowest BCUT2D eigenvalue weighted by Crippen LogP contribution is -2.21. The summed E-state index contributed by atoms with van der Waals surface area (Å²) in [4.78, 5) is 6.70. The molecule has 0 saturated heterocycles. The highest BCUT2D eigenvalue weighted by Crippen LogP contribution is 2.34. The number of methoxy groups -OCH3 is 1. The fourth-order valence-corrected chi connectivity index (χ4v) is 3.41. The van der Waals surface area contributed by atoms with E-state index < -0.39 is 0 Å². The Morgan fingerprint density at radius 3 is 2.57 bits per heavy atom. The molecule has 28 heavy (non-hydrogen) atoms. The minimum atomic E-state index is 0.771. The van der Waals surface area contributed by atoms with Crippen molar-refractivity contribution in [2.75, 3.05) is 20.7 Å². The first kappa shape index (κ1) is 18.3. The van der Waals surface area contributed by atoms with Gasteiger partial charge in [0.15, 0.2) is 11.3 Å². The lowest BCUT2D eigenvalue weighted by Gasteiger charge is -2.17. The number of ether oxygens (including phenoxy) is 1. The number of aromatic nitrogens is 1. The van der Waals surface area contributed by atoms with Gasteiger partial charge in [-0.25, -0.2) is 0 Å². The van der Waals surface area contributed by atoms with Crippen molar-refractivity contribution in [3.05, 3.63) is 84.2 Å². The van der Waals surface area contributed by atoms with E-state index in [1.54, 1.807) is 7.11 Å². The zero-order valence-corrected chi connectivity index (χ0v) is 16.3. The topological polar surface area (TPSA) is 38.5 Å². The van der Waals surface area contributed by atoms with Gasteiger partial charge in [0, 0.05) is 42.4 Å². The Kier molecular flexibility index (Phi) is 5.40. The first-order valence-corrected chi connectivity index (χ1v) is 9.47. The molecule has 0 aliphatic heterocycles. The lowest BCUT2D eigenvalue weighted by atomic mass is 10.1. The second-order valence-electron chi connectivity index (χ2n) is 7.00. The number of nitrogens with zero attached hydrogens (tertiary/aromatic N) is 2. The van der Waals surface area contributed by atoms with Crippen LogP contribution in [0.3, 0.4) is 0 Å². The molecule has 4 aromatic rings. The number of benzene rings is 2. The van der Waals surface area contributed by atoms with Crippen LogP contribution in [0.25, 0.3) is 22.3 Å². The van der Waals surface area contributed by atoms with Gasteiger partial charge in [-0.05, 0) is 42.9 Å². The molecule has 4 heteroatoms. The van der Waals surface area contributed by atoms with Crippen molar-refractivity contribution < 1.29 is 9.15 Å². The molecule has 0 aliphatic carbocycles. The molecule has 0 saturated carbocycles. The molecule has 0 amide bonds. The van der Waals surface area contributed by atoms with Crippen LogP contribution in [0.15, 0.2) is 77.3 Å². The average molecular weight is 372 g/mol. The molecular formula is C24H24N2O2. The summed E-state index contributed by atoms with van der Waals surface area (Å²) in [5.74, 6) is 1.63. The Labute approximate surface area is 165 Å². The molecule has 0 N–H and O–H groups in total. The number of hydrogen-bond acceptors (Lipinski definition) is 4. The van der Waals surface area contributed by atoms with Crippen molar-refractivity contribution in [3.63, 3.8) is 0 Å². The Morgan fingerprint density at radius 2 is 1.82 bits per heavy atom. The Bertz CT molecular complexity index is 1040. The van der Waals surface area contributed by atoms with Crippen molar-refractivity contribution in [1.29, 1.82) is 0 Å². The lowest BCUT2D eigenvalue weighted by molar-refractivity contribution is 0.329. The zero-order valence-electron chi connectivity index (χ0n) is 16.3. The summed E-state index contributed by atoms with van der Waals surface area (Å²) in [7, 11) is 3.82. The Morgan fingerprint density at radius 1 is 1.00 bits per heavy atom. The predicted molar refractivity (Wildman–Crippen MR) is 112 cm³/mol. The van der Waals surface area contributed by atoms with E-state index in [9.17, 15) is 0 Å². The summed E-state index contributed by atoms with van der Waals surface area (Å²) in [5.41, 5.74) is 4.18. The Balaban J connectivity index is 1.54. The summed E-state index contributed by atoms with van der Waals surface area (Å²) in [6.45, 7) is 1.78. The largest absolute Gasteiger partial charge is 0.493 e. The third-order valence-corrected chi connectivity index (χ3v) is 4.85. The monoisotopic (exact) mass is 372 g/mol. The zero-order chi connectivity index (χ0) is 19.3. The van der Waals surface area contributed by atoms with Gasteiger partial charge in [0.1, 0.15) is 5.76 Å². The van der Waals surface area contributed by atoms with Crippen molar-refractivity contribution in [3.8, 4) is 17.1 Å². The van der Waals surface area contributed by atoms with Gasteiger partial charge in [-0.1, -0.05) is 36.4 Å². The molecule has 0 atom stereocenters. The smallest absolute Gasteiger partial charge is 0.176 e. The van der Waals surface area contributed by atoms with Crippen LogP contribution >= 0.6 is 0 Å². The van der Waals surface area contributed by atoms with Gasteiger partial charge in [-0.15, -0.1) is 0 Å². The highest BCUT2D eigenvalue weighted by atomic mass is 16.5. The maximum Gasteiger partial charge on any atom is 0.176 e. The van der Waals surface area contributed by atoms with E-state index in [0.717, 1.165) is 53.2 Å². The SMILES string of the molecule is COc1cc(CN(C)CCc2ccccn2)cc2cc(-c3ccccc3)oc12. The maximum absolute atomic E-state index is 6.09. The van der Waals surface area contributed by atoms with Gasteiger partial charge < -0.3 is 14.1 Å². The van der Waals surface area contributed by atoms with Crippen molar-refractivity contribution in [1.82, 2.24) is 9.88 Å². The van der Waals surface area contributed by atoms with Crippen molar-refractivity contribution in [2.24, 2.45) is 0 Å². The molecule has 0 radical (unpaired) electrons. The van der Waals surface area contributed by atoms with Crippen LogP contribution < -0.4 is 4.74 Å². The first-order chi connectivity index (χ1) is 13.7. The molecule has 0 unspecified atom stereocenters. The van der Waals surface area contributed by atoms with Gasteiger partial charge in [-0.2, -0.15) is 0 Å². The Hall–Kier alpha value is -3.11. The second-order valence-corrected chi connectivity index (χ2v) is 7.00. The van der Waals surface area contributed by atoms with E-state index in [4.69, 9.17) is 9.15 Å². The third-order valence-electron chi connectivity index (χ3n) is 4.85. The molecule has 0 fully saturated rings. The summed E-state index contributed by atoms with van der Waals surface area (Å²) in [5, 5.41) is 1.06. The number of likely N-dealkylation sites (N-methyl/N-ethyl adjacent to an activating group) is 1. The van der Waals surface area contributed by atoms with Crippen LogP contribution in [0.5, 0.6) is 5.75 Å². The van der Waals surface area contributed by atoms with Crippen LogP contribution in [-0.4, -0.2) is 30.6 Å². The first-order valence-electron chi connectivity index (χ1n) is 9.47. The summed E-state index contributed by atoms with van der Waals surface area (Å²) >= 11 is 0. The third kappa shape index (κ3) is 4.07. The van der Waals surface area contributed by atoms with Gasteiger partial charge in [0.2, 0.25) is 0 Å². The normalized spacial score (nSPS) is 11.2. The fourth-order valence-electron chi connectivity index (χ4n) is 3.41. The predicted octanol–water partition coefficient (Wildman–Crippen LogP) is 5.18. The van der Waals surface area contributed by atoms with Crippen molar-refractivity contribution >= 4 is 11.0 Å². The molecule has 2 aromatic heterocycles. The van der Waals surface area contributed by atoms with E-state index >= 15 is 0 Å². The minimum absolute atomic E-state index is 0.771. The molecule has 0 bridgehead atoms. The van der Waals surface area contributed by atoms with Gasteiger partial charge in [0.25, 0.3) is 0 Å². The van der Waals surface area contributed by atoms with Crippen LogP contribution in [0.1, 0.15) is 11.3 Å². The summed E-state index contributed by atoms with van der Waals surface area (Å²) < 4.78 is 11.7. The molecule has 0 spiro atoms. The number of rotatable bonds is 7. The second kappa shape index (κ2) is 8.28. The van der Waals surface area contributed by atoms with Crippen LogP contribution in [-0.2, 0) is 13.0 Å². The standard InChI is InChI=1S/C24H24N2O2/c1-26(13-11-21-10-6-7-12-25-21)17-18-14-20-16-22(19-8-4-3-5-9-19)28-24(20)23(15-18)27-2/h3-10,12,14-16H,11,13,17H2,1-2H3. The van der Waals surface area contributed by atoms with Crippen LogP contribution in [0, 0.1) is 0 Å². The van der Waals surface area contributed by atoms with Crippen LogP contribution in [0.2, 0.25) is 0 Å². The number of hydrogen-bond donors (Lipinski definition) is 0. The fraction of sp³-hybridized carbons (Fsp3) is 0.208.